The Morgan fingerprint density at radius 2 is 2.42 bits per heavy atom. The molecule has 4 nitrogen and oxygen atoms in total. The fourth-order valence-corrected chi connectivity index (χ4v) is 1.17. The normalized spacial score (nSPS) is 18.7. The average molecular weight is 187 g/mol. The molecule has 0 heterocycles. The van der Waals surface area contributed by atoms with E-state index in [1.165, 1.54) is 11.9 Å². The van der Waals surface area contributed by atoms with Gasteiger partial charge in [-0.3, -0.25) is 4.84 Å². The van der Waals surface area contributed by atoms with Crippen LogP contribution in [-0.2, 0) is 4.84 Å². The molecule has 1 fully saturated rings. The maximum Gasteiger partial charge on any atom is 0.0708 e. The molecule has 0 radical (unpaired) electrons. The van der Waals surface area contributed by atoms with E-state index in [1.54, 1.807) is 0 Å². The van der Waals surface area contributed by atoms with Crippen LogP contribution >= 0.6 is 11.9 Å². The molecule has 5 heteroatoms. The molecule has 3 N–H and O–H groups in total. The summed E-state index contributed by atoms with van der Waals surface area (Å²) in [6, 6.07) is 2.30. The van der Waals surface area contributed by atoms with Gasteiger partial charge in [-0.15, -0.1) is 4.89 Å². The highest BCUT2D eigenvalue weighted by atomic mass is 32.2. The van der Waals surface area contributed by atoms with Crippen molar-refractivity contribution in [3.8, 4) is 6.07 Å². The van der Waals surface area contributed by atoms with E-state index in [0.29, 0.717) is 12.5 Å². The van der Waals surface area contributed by atoms with Gasteiger partial charge in [0.25, 0.3) is 0 Å². The second-order valence-electron chi connectivity index (χ2n) is 2.88. The van der Waals surface area contributed by atoms with Crippen LogP contribution < -0.4 is 10.6 Å². The van der Waals surface area contributed by atoms with Crippen LogP contribution in [0.5, 0.6) is 0 Å². The number of rotatable bonds is 6. The molecule has 12 heavy (non-hydrogen) atoms. The molecule has 0 unspecified atom stereocenters. The van der Waals surface area contributed by atoms with E-state index in [-0.39, 0.29) is 5.41 Å². The average Bonchev–Trinajstić information content (AvgIpc) is 2.85. The van der Waals surface area contributed by atoms with E-state index in [9.17, 15) is 0 Å². The Labute approximate surface area is 76.5 Å². The van der Waals surface area contributed by atoms with Gasteiger partial charge in [0.1, 0.15) is 0 Å². The highest BCUT2D eigenvalue weighted by molar-refractivity contribution is 7.97. The second kappa shape index (κ2) is 4.67. The molecule has 1 rings (SSSR count). The largest absolute Gasteiger partial charge is 0.321 e. The van der Waals surface area contributed by atoms with Crippen molar-refractivity contribution in [3.63, 3.8) is 0 Å². The van der Waals surface area contributed by atoms with Crippen LogP contribution in [0.2, 0.25) is 0 Å². The van der Waals surface area contributed by atoms with Gasteiger partial charge >= 0.3 is 0 Å². The second-order valence-corrected chi connectivity index (χ2v) is 3.67. The summed E-state index contributed by atoms with van der Waals surface area (Å²) in [4.78, 5) is 7.68. The van der Waals surface area contributed by atoms with Crippen molar-refractivity contribution in [2.24, 2.45) is 11.1 Å². The Morgan fingerprint density at radius 1 is 1.67 bits per heavy atom. The number of nitrogens with zero attached hydrogens (tertiary/aromatic N) is 1. The molecule has 0 bridgehead atoms. The fraction of sp³-hybridized carbons (Fsp3) is 0.857. The SMILES string of the molecule is N#CC1(CCONSCN)CC1. The topological polar surface area (TPSA) is 71.1 Å². The zero-order valence-electron chi connectivity index (χ0n) is 6.88. The smallest absolute Gasteiger partial charge is 0.0708 e. The Bertz CT molecular complexity index is 176. The van der Waals surface area contributed by atoms with Crippen molar-refractivity contribution < 1.29 is 4.84 Å². The molecule has 0 amide bonds. The van der Waals surface area contributed by atoms with Crippen molar-refractivity contribution >= 4 is 11.9 Å². The summed E-state index contributed by atoms with van der Waals surface area (Å²) in [6.45, 7) is 0.584. The van der Waals surface area contributed by atoms with Gasteiger partial charge < -0.3 is 5.73 Å². The molecule has 0 aromatic heterocycles. The first-order chi connectivity index (χ1) is 5.83. The lowest BCUT2D eigenvalue weighted by molar-refractivity contribution is 0.0910. The predicted octanol–water partition coefficient (Wildman–Crippen LogP) is 0.766. The number of nitriles is 1. The third-order valence-corrected chi connectivity index (χ3v) is 2.38. The van der Waals surface area contributed by atoms with Crippen LogP contribution in [0, 0.1) is 16.7 Å². The van der Waals surface area contributed by atoms with Crippen molar-refractivity contribution in [3.05, 3.63) is 0 Å². The first-order valence-corrected chi connectivity index (χ1v) is 4.91. The molecule has 0 saturated heterocycles. The highest BCUT2D eigenvalue weighted by Gasteiger charge is 2.42. The first-order valence-electron chi connectivity index (χ1n) is 3.93. The van der Waals surface area contributed by atoms with Crippen LogP contribution in [0.4, 0.5) is 0 Å². The van der Waals surface area contributed by atoms with E-state index < -0.39 is 0 Å². The molecule has 1 saturated carbocycles. The number of nitrogens with two attached hydrogens (primary N) is 1. The van der Waals surface area contributed by atoms with Gasteiger partial charge in [0.15, 0.2) is 0 Å². The van der Waals surface area contributed by atoms with Gasteiger partial charge in [-0.1, -0.05) is 0 Å². The molecule has 1 aliphatic carbocycles. The van der Waals surface area contributed by atoms with Gasteiger partial charge in [0.2, 0.25) is 0 Å². The molecule has 0 atom stereocenters. The number of hydrogen-bond donors (Lipinski definition) is 2. The molecule has 0 aromatic rings. The van der Waals surface area contributed by atoms with Gasteiger partial charge in [-0.05, 0) is 31.2 Å². The van der Waals surface area contributed by atoms with Crippen molar-refractivity contribution in [2.75, 3.05) is 12.5 Å². The summed E-state index contributed by atoms with van der Waals surface area (Å²) in [5.74, 6) is 0.489. The standard InChI is InChI=1S/C7H13N3OS/c8-5-7(1-2-7)3-4-11-10-12-6-9/h10H,1-4,6,9H2. The van der Waals surface area contributed by atoms with Crippen molar-refractivity contribution in [2.45, 2.75) is 19.3 Å². The van der Waals surface area contributed by atoms with Gasteiger partial charge in [0.05, 0.1) is 24.0 Å². The van der Waals surface area contributed by atoms with Crippen molar-refractivity contribution in [1.29, 1.82) is 5.26 Å². The maximum atomic E-state index is 8.71. The molecular weight excluding hydrogens is 174 g/mol. The van der Waals surface area contributed by atoms with Crippen LogP contribution in [0.15, 0.2) is 0 Å². The molecule has 0 spiro atoms. The first kappa shape index (κ1) is 9.81. The summed E-state index contributed by atoms with van der Waals surface area (Å²) in [6.07, 6.45) is 2.87. The van der Waals surface area contributed by atoms with E-state index in [4.69, 9.17) is 15.8 Å². The minimum Gasteiger partial charge on any atom is -0.321 e. The van der Waals surface area contributed by atoms with E-state index >= 15 is 0 Å². The minimum absolute atomic E-state index is 0.0605. The van der Waals surface area contributed by atoms with E-state index in [0.717, 1.165) is 19.3 Å². The number of hydrogen-bond acceptors (Lipinski definition) is 5. The third kappa shape index (κ3) is 2.99. The fourth-order valence-electron chi connectivity index (χ4n) is 0.932. The Balaban J connectivity index is 1.93. The molecule has 0 aliphatic heterocycles. The summed E-state index contributed by atoms with van der Waals surface area (Å²) in [5, 5.41) is 8.71. The lowest BCUT2D eigenvalue weighted by atomic mass is 10.1. The molecular formula is C7H13N3OS. The van der Waals surface area contributed by atoms with E-state index in [1.807, 2.05) is 0 Å². The minimum atomic E-state index is -0.0605. The summed E-state index contributed by atoms with van der Waals surface area (Å²) in [7, 11) is 0. The van der Waals surface area contributed by atoms with Crippen LogP contribution in [0.1, 0.15) is 19.3 Å². The van der Waals surface area contributed by atoms with E-state index in [2.05, 4.69) is 11.0 Å². The summed E-state index contributed by atoms with van der Waals surface area (Å²) >= 11 is 1.31. The predicted molar refractivity (Wildman–Crippen MR) is 47.6 cm³/mol. The van der Waals surface area contributed by atoms with Crippen LogP contribution in [-0.4, -0.2) is 12.5 Å². The third-order valence-electron chi connectivity index (χ3n) is 1.97. The maximum absolute atomic E-state index is 8.71. The zero-order chi connectivity index (χ0) is 8.86. The zero-order valence-corrected chi connectivity index (χ0v) is 7.69. The quantitative estimate of drug-likeness (QED) is 0.278. The van der Waals surface area contributed by atoms with Crippen molar-refractivity contribution in [1.82, 2.24) is 4.89 Å². The molecule has 0 aromatic carbocycles. The van der Waals surface area contributed by atoms with Gasteiger partial charge in [0, 0.05) is 0 Å². The lowest BCUT2D eigenvalue weighted by Gasteiger charge is -2.05. The Morgan fingerprint density at radius 3 is 2.92 bits per heavy atom. The monoisotopic (exact) mass is 187 g/mol. The Hall–Kier alpha value is -0.280. The Kier molecular flexibility index (Phi) is 3.82. The van der Waals surface area contributed by atoms with Gasteiger partial charge in [-0.2, -0.15) is 5.26 Å². The van der Waals surface area contributed by atoms with Gasteiger partial charge in [-0.25, -0.2) is 0 Å². The lowest BCUT2D eigenvalue weighted by Crippen LogP contribution is -2.12. The van der Waals surface area contributed by atoms with Crippen LogP contribution in [0.3, 0.4) is 0 Å². The number of nitrogens with one attached hydrogen (secondary N) is 1. The highest BCUT2D eigenvalue weighted by Crippen LogP contribution is 2.47. The molecule has 1 aliphatic rings. The summed E-state index contributed by atoms with van der Waals surface area (Å²) in [5.41, 5.74) is 5.14. The van der Waals surface area contributed by atoms with Crippen LogP contribution in [0.25, 0.3) is 0 Å². The summed E-state index contributed by atoms with van der Waals surface area (Å²) < 4.78 is 0. The molecule has 68 valence electrons.